The lowest BCUT2D eigenvalue weighted by atomic mass is 10.2. The molecule has 0 heterocycles. The first-order valence-corrected chi connectivity index (χ1v) is 11.5. The van der Waals surface area contributed by atoms with Crippen LogP contribution < -0.4 is 5.43 Å². The summed E-state index contributed by atoms with van der Waals surface area (Å²) in [5.41, 5.74) is 3.84. The van der Waals surface area contributed by atoms with Crippen LogP contribution in [0.4, 0.5) is 10.1 Å². The van der Waals surface area contributed by atoms with E-state index in [0.717, 1.165) is 9.87 Å². The highest BCUT2D eigenvalue weighted by molar-refractivity contribution is 7.89. The fourth-order valence-corrected chi connectivity index (χ4v) is 4.36. The lowest BCUT2D eigenvalue weighted by Gasteiger charge is -2.21. The summed E-state index contributed by atoms with van der Waals surface area (Å²) in [7, 11) is -4.06. The summed E-state index contributed by atoms with van der Waals surface area (Å²) in [6.07, 6.45) is 1.21. The fraction of sp³-hybridized carbons (Fsp3) is 0.130. The van der Waals surface area contributed by atoms with Gasteiger partial charge in [0.2, 0.25) is 10.0 Å². The first kappa shape index (κ1) is 24.7. The van der Waals surface area contributed by atoms with Crippen molar-refractivity contribution in [2.45, 2.75) is 18.4 Å². The van der Waals surface area contributed by atoms with E-state index in [1.54, 1.807) is 18.2 Å². The van der Waals surface area contributed by atoms with E-state index < -0.39 is 33.2 Å². The topological polar surface area (TPSA) is 122 Å². The van der Waals surface area contributed by atoms with E-state index in [4.69, 9.17) is 0 Å². The van der Waals surface area contributed by atoms with Crippen LogP contribution in [0.1, 0.15) is 16.7 Å². The number of nitro groups is 1. The highest BCUT2D eigenvalue weighted by Gasteiger charge is 2.27. The number of nitro benzene ring substituents is 1. The van der Waals surface area contributed by atoms with Crippen molar-refractivity contribution in [3.05, 3.63) is 105 Å². The maximum atomic E-state index is 13.3. The third-order valence-electron chi connectivity index (χ3n) is 4.73. The second-order valence-electron chi connectivity index (χ2n) is 7.36. The molecule has 0 saturated carbocycles. The van der Waals surface area contributed by atoms with Crippen molar-refractivity contribution in [1.29, 1.82) is 0 Å². The quantitative estimate of drug-likeness (QED) is 0.283. The third-order valence-corrected chi connectivity index (χ3v) is 6.54. The molecule has 1 N–H and O–H groups in total. The molecule has 3 rings (SSSR count). The van der Waals surface area contributed by atoms with Crippen LogP contribution in [0.3, 0.4) is 0 Å². The molecule has 0 bridgehead atoms. The van der Waals surface area contributed by atoms with Crippen LogP contribution in [-0.4, -0.2) is 36.3 Å². The third kappa shape index (κ3) is 6.53. The van der Waals surface area contributed by atoms with Gasteiger partial charge in [0.15, 0.2) is 0 Å². The van der Waals surface area contributed by atoms with Crippen LogP contribution in [0, 0.1) is 22.9 Å². The molecule has 1 amide bonds. The van der Waals surface area contributed by atoms with Crippen molar-refractivity contribution in [2.24, 2.45) is 5.10 Å². The molecule has 34 heavy (non-hydrogen) atoms. The molecule has 0 spiro atoms. The number of hydrazone groups is 1. The standard InChI is InChI=1S/C23H21FN4O5S/c1-17-5-11-22(12-6-17)34(32,33)27(15-18-7-9-20(24)10-8-18)16-23(29)26-25-14-19-3-2-4-21(13-19)28(30)31/h2-14H,15-16H2,1H3,(H,26,29)/b25-14-. The van der Waals surface area contributed by atoms with Crippen LogP contribution in [0.2, 0.25) is 0 Å². The predicted molar refractivity (Wildman–Crippen MR) is 124 cm³/mol. The number of carbonyl (C=O) groups excluding carboxylic acids is 1. The normalized spacial score (nSPS) is 11.6. The Bertz CT molecular complexity index is 1310. The lowest BCUT2D eigenvalue weighted by Crippen LogP contribution is -2.39. The van der Waals surface area contributed by atoms with Crippen molar-refractivity contribution < 1.29 is 22.5 Å². The zero-order valence-corrected chi connectivity index (χ0v) is 18.9. The average Bonchev–Trinajstić information content (AvgIpc) is 2.80. The summed E-state index contributed by atoms with van der Waals surface area (Å²) in [4.78, 5) is 22.8. The molecule has 9 nitrogen and oxygen atoms in total. The molecule has 0 aliphatic carbocycles. The van der Waals surface area contributed by atoms with Gasteiger partial charge in [-0.05, 0) is 36.8 Å². The Labute approximate surface area is 195 Å². The zero-order valence-electron chi connectivity index (χ0n) is 18.1. The van der Waals surface area contributed by atoms with E-state index >= 15 is 0 Å². The molecule has 0 unspecified atom stereocenters. The monoisotopic (exact) mass is 484 g/mol. The molecule has 11 heteroatoms. The SMILES string of the molecule is Cc1ccc(S(=O)(=O)N(CC(=O)N/N=C\c2cccc([N+](=O)[O-])c2)Cc2ccc(F)cc2)cc1. The fourth-order valence-electron chi connectivity index (χ4n) is 2.97. The van der Waals surface area contributed by atoms with E-state index in [9.17, 15) is 27.7 Å². The molecule has 0 aliphatic heterocycles. The van der Waals surface area contributed by atoms with Gasteiger partial charge >= 0.3 is 0 Å². The minimum Gasteiger partial charge on any atom is -0.272 e. The van der Waals surface area contributed by atoms with Gasteiger partial charge in [-0.15, -0.1) is 0 Å². The molecule has 3 aromatic carbocycles. The second kappa shape index (κ2) is 10.8. The highest BCUT2D eigenvalue weighted by atomic mass is 32.2. The van der Waals surface area contributed by atoms with E-state index in [1.807, 2.05) is 6.92 Å². The van der Waals surface area contributed by atoms with Gasteiger partial charge in [-0.2, -0.15) is 9.41 Å². The van der Waals surface area contributed by atoms with Crippen molar-refractivity contribution in [3.63, 3.8) is 0 Å². The average molecular weight is 485 g/mol. The maximum absolute atomic E-state index is 13.3. The number of hydrogen-bond acceptors (Lipinski definition) is 6. The molecule has 0 radical (unpaired) electrons. The van der Waals surface area contributed by atoms with Crippen LogP contribution in [0.25, 0.3) is 0 Å². The Hall–Kier alpha value is -3.96. The number of rotatable bonds is 9. The number of benzene rings is 3. The van der Waals surface area contributed by atoms with Gasteiger partial charge in [0.25, 0.3) is 11.6 Å². The molecule has 3 aromatic rings. The van der Waals surface area contributed by atoms with Crippen molar-refractivity contribution in [1.82, 2.24) is 9.73 Å². The van der Waals surface area contributed by atoms with Gasteiger partial charge in [0, 0.05) is 24.2 Å². The Morgan fingerprint density at radius 3 is 2.44 bits per heavy atom. The summed E-state index contributed by atoms with van der Waals surface area (Å²) in [6.45, 7) is 1.10. The summed E-state index contributed by atoms with van der Waals surface area (Å²) in [6, 6.07) is 17.1. The minimum atomic E-state index is -4.06. The Morgan fingerprint density at radius 1 is 1.12 bits per heavy atom. The highest BCUT2D eigenvalue weighted by Crippen LogP contribution is 2.19. The van der Waals surface area contributed by atoms with Gasteiger partial charge in [0.05, 0.1) is 22.6 Å². The number of nitrogens with zero attached hydrogens (tertiary/aromatic N) is 3. The van der Waals surface area contributed by atoms with Crippen molar-refractivity contribution in [2.75, 3.05) is 6.54 Å². The molecular formula is C23H21FN4O5S. The van der Waals surface area contributed by atoms with Gasteiger partial charge in [-0.3, -0.25) is 14.9 Å². The molecule has 176 valence electrons. The number of aryl methyl sites for hydroxylation is 1. The molecule has 0 saturated heterocycles. The predicted octanol–water partition coefficient (Wildman–Crippen LogP) is 3.38. The van der Waals surface area contributed by atoms with E-state index in [-0.39, 0.29) is 17.1 Å². The Kier molecular flexibility index (Phi) is 7.82. The number of non-ortho nitro benzene ring substituents is 1. The summed E-state index contributed by atoms with van der Waals surface area (Å²) >= 11 is 0. The zero-order chi connectivity index (χ0) is 24.7. The van der Waals surface area contributed by atoms with Gasteiger partial charge in [-0.25, -0.2) is 18.2 Å². The summed E-state index contributed by atoms with van der Waals surface area (Å²) in [5.74, 6) is -1.19. The van der Waals surface area contributed by atoms with Gasteiger partial charge in [0.1, 0.15) is 5.82 Å². The van der Waals surface area contributed by atoms with Crippen LogP contribution >= 0.6 is 0 Å². The van der Waals surface area contributed by atoms with Crippen LogP contribution in [-0.2, 0) is 21.4 Å². The molecule has 0 fully saturated rings. The Morgan fingerprint density at radius 2 is 1.79 bits per heavy atom. The first-order chi connectivity index (χ1) is 16.1. The van der Waals surface area contributed by atoms with Crippen molar-refractivity contribution >= 4 is 27.8 Å². The number of nitrogens with one attached hydrogen (secondary N) is 1. The van der Waals surface area contributed by atoms with E-state index in [1.165, 1.54) is 60.8 Å². The molecular weight excluding hydrogens is 463 g/mol. The number of sulfonamides is 1. The number of hydrogen-bond donors (Lipinski definition) is 1. The van der Waals surface area contributed by atoms with E-state index in [0.29, 0.717) is 11.1 Å². The van der Waals surface area contributed by atoms with Crippen molar-refractivity contribution in [3.8, 4) is 0 Å². The smallest absolute Gasteiger partial charge is 0.270 e. The molecule has 0 aromatic heterocycles. The van der Waals surface area contributed by atoms with Crippen LogP contribution in [0.5, 0.6) is 0 Å². The second-order valence-corrected chi connectivity index (χ2v) is 9.30. The summed E-state index contributed by atoms with van der Waals surface area (Å²) in [5, 5.41) is 14.6. The van der Waals surface area contributed by atoms with Gasteiger partial charge < -0.3 is 0 Å². The Balaban J connectivity index is 1.78. The number of carbonyl (C=O) groups is 1. The number of halogens is 1. The lowest BCUT2D eigenvalue weighted by molar-refractivity contribution is -0.384. The molecule has 0 aliphatic rings. The minimum absolute atomic E-state index is 0.00751. The maximum Gasteiger partial charge on any atom is 0.270 e. The largest absolute Gasteiger partial charge is 0.272 e. The first-order valence-electron chi connectivity index (χ1n) is 10.0. The van der Waals surface area contributed by atoms with Crippen LogP contribution in [0.15, 0.2) is 82.8 Å². The number of amides is 1. The van der Waals surface area contributed by atoms with E-state index in [2.05, 4.69) is 10.5 Å². The molecule has 0 atom stereocenters. The summed E-state index contributed by atoms with van der Waals surface area (Å²) < 4.78 is 40.7. The van der Waals surface area contributed by atoms with Gasteiger partial charge in [-0.1, -0.05) is 42.0 Å².